The van der Waals surface area contributed by atoms with Crippen molar-refractivity contribution in [3.63, 3.8) is 0 Å². The summed E-state index contributed by atoms with van der Waals surface area (Å²) in [5, 5.41) is 8.83. The molecular weight excluding hydrogens is 248 g/mol. The van der Waals surface area contributed by atoms with E-state index in [0.717, 1.165) is 5.56 Å². The molecule has 0 unspecified atom stereocenters. The fourth-order valence-electron chi connectivity index (χ4n) is 1.80. The summed E-state index contributed by atoms with van der Waals surface area (Å²) in [7, 11) is 0. The second-order valence-corrected chi connectivity index (χ2v) is 4.08. The third kappa shape index (κ3) is 3.19. The van der Waals surface area contributed by atoms with Crippen LogP contribution in [0.3, 0.4) is 0 Å². The van der Waals surface area contributed by atoms with Crippen molar-refractivity contribution in [1.29, 1.82) is 0 Å². The minimum Gasteiger partial charge on any atom is -0.481 e. The number of aromatic amines is 1. The lowest BCUT2D eigenvalue weighted by Crippen LogP contribution is -2.29. The van der Waals surface area contributed by atoms with Crippen LogP contribution in [0.5, 0.6) is 0 Å². The average molecular weight is 260 g/mol. The number of H-pyrrole nitrogens is 1. The molecule has 19 heavy (non-hydrogen) atoms. The van der Waals surface area contributed by atoms with Crippen molar-refractivity contribution in [2.75, 3.05) is 0 Å². The molecule has 0 aliphatic rings. The highest BCUT2D eigenvalue weighted by Gasteiger charge is 2.07. The molecule has 0 atom stereocenters. The highest BCUT2D eigenvalue weighted by molar-refractivity contribution is 5.70. The van der Waals surface area contributed by atoms with Gasteiger partial charge in [-0.05, 0) is 11.1 Å². The average Bonchev–Trinajstić information content (AvgIpc) is 2.34. The highest BCUT2D eigenvalue weighted by Crippen LogP contribution is 2.10. The molecule has 98 valence electrons. The van der Waals surface area contributed by atoms with Gasteiger partial charge in [-0.1, -0.05) is 24.3 Å². The van der Waals surface area contributed by atoms with Crippen LogP contribution in [0.25, 0.3) is 0 Å². The van der Waals surface area contributed by atoms with Crippen LogP contribution in [0.1, 0.15) is 11.1 Å². The Hall–Kier alpha value is -2.63. The molecule has 0 bridgehead atoms. The maximum atomic E-state index is 11.6. The van der Waals surface area contributed by atoms with Gasteiger partial charge in [0.15, 0.2) is 0 Å². The summed E-state index contributed by atoms with van der Waals surface area (Å²) in [6.45, 7) is 0.221. The lowest BCUT2D eigenvalue weighted by molar-refractivity contribution is -0.136. The molecular formula is C13H12N2O4. The zero-order chi connectivity index (χ0) is 13.8. The number of hydrogen-bond donors (Lipinski definition) is 2. The first-order chi connectivity index (χ1) is 9.06. The van der Waals surface area contributed by atoms with Gasteiger partial charge in [-0.25, -0.2) is 4.79 Å². The highest BCUT2D eigenvalue weighted by atomic mass is 16.4. The van der Waals surface area contributed by atoms with Crippen LogP contribution in [-0.2, 0) is 17.8 Å². The fourth-order valence-corrected chi connectivity index (χ4v) is 1.80. The van der Waals surface area contributed by atoms with Crippen LogP contribution in [0.4, 0.5) is 0 Å². The molecule has 0 spiro atoms. The van der Waals surface area contributed by atoms with E-state index >= 15 is 0 Å². The standard InChI is InChI=1S/C13H12N2O4/c16-11-5-6-15(13(19)14-11)8-10-4-2-1-3-9(10)7-12(17)18/h1-6H,7-8H2,(H,17,18)(H,14,16,19). The zero-order valence-electron chi connectivity index (χ0n) is 10.00. The van der Waals surface area contributed by atoms with E-state index < -0.39 is 17.2 Å². The minimum absolute atomic E-state index is 0.103. The molecule has 6 heteroatoms. The Balaban J connectivity index is 2.35. The number of carboxylic acid groups (broad SMARTS) is 1. The summed E-state index contributed by atoms with van der Waals surface area (Å²) in [5.74, 6) is -0.929. The quantitative estimate of drug-likeness (QED) is 0.822. The Morgan fingerprint density at radius 2 is 1.84 bits per heavy atom. The van der Waals surface area contributed by atoms with E-state index in [-0.39, 0.29) is 13.0 Å². The summed E-state index contributed by atoms with van der Waals surface area (Å²) in [4.78, 5) is 35.5. The van der Waals surface area contributed by atoms with Crippen molar-refractivity contribution < 1.29 is 9.90 Å². The van der Waals surface area contributed by atoms with Crippen molar-refractivity contribution in [3.8, 4) is 0 Å². The molecule has 0 saturated heterocycles. The Labute approximate surface area is 108 Å². The number of carboxylic acids is 1. The second kappa shape index (κ2) is 5.34. The van der Waals surface area contributed by atoms with E-state index in [4.69, 9.17) is 5.11 Å². The van der Waals surface area contributed by atoms with Crippen molar-refractivity contribution in [2.45, 2.75) is 13.0 Å². The molecule has 0 aliphatic carbocycles. The zero-order valence-corrected chi connectivity index (χ0v) is 10.00. The van der Waals surface area contributed by atoms with Crippen LogP contribution in [0, 0.1) is 0 Å². The summed E-state index contributed by atoms with van der Waals surface area (Å²) in [6.07, 6.45) is 1.28. The third-order valence-corrected chi connectivity index (χ3v) is 2.70. The first-order valence-electron chi connectivity index (χ1n) is 5.64. The number of hydrogen-bond acceptors (Lipinski definition) is 3. The van der Waals surface area contributed by atoms with Crippen molar-refractivity contribution in [2.24, 2.45) is 0 Å². The van der Waals surface area contributed by atoms with Gasteiger partial charge in [0, 0.05) is 12.3 Å². The Morgan fingerprint density at radius 3 is 2.47 bits per heavy atom. The van der Waals surface area contributed by atoms with E-state index in [9.17, 15) is 14.4 Å². The topological polar surface area (TPSA) is 92.2 Å². The van der Waals surface area contributed by atoms with E-state index in [0.29, 0.717) is 5.56 Å². The second-order valence-electron chi connectivity index (χ2n) is 4.08. The fraction of sp³-hybridized carbons (Fsp3) is 0.154. The number of nitrogens with one attached hydrogen (secondary N) is 1. The van der Waals surface area contributed by atoms with Crippen molar-refractivity contribution >= 4 is 5.97 Å². The normalized spacial score (nSPS) is 10.3. The van der Waals surface area contributed by atoms with Crippen LogP contribution in [0.15, 0.2) is 46.1 Å². The number of nitrogens with zero attached hydrogens (tertiary/aromatic N) is 1. The number of benzene rings is 1. The van der Waals surface area contributed by atoms with Gasteiger partial charge >= 0.3 is 11.7 Å². The van der Waals surface area contributed by atoms with E-state index in [1.807, 2.05) is 0 Å². The number of aromatic nitrogens is 2. The molecule has 0 radical (unpaired) electrons. The maximum absolute atomic E-state index is 11.6. The molecule has 2 aromatic rings. The minimum atomic E-state index is -0.929. The Kier molecular flexibility index (Phi) is 3.61. The summed E-state index contributed by atoms with van der Waals surface area (Å²) in [6, 6.07) is 8.24. The number of aliphatic carboxylic acids is 1. The Bertz CT molecular complexity index is 715. The van der Waals surface area contributed by atoms with Gasteiger partial charge in [-0.15, -0.1) is 0 Å². The molecule has 0 saturated carbocycles. The molecule has 2 N–H and O–H groups in total. The molecule has 6 nitrogen and oxygen atoms in total. The summed E-state index contributed by atoms with van der Waals surface area (Å²) in [5.41, 5.74) is 0.407. The van der Waals surface area contributed by atoms with Crippen LogP contribution < -0.4 is 11.2 Å². The molecule has 0 aliphatic heterocycles. The summed E-state index contributed by atoms with van der Waals surface area (Å²) < 4.78 is 1.32. The van der Waals surface area contributed by atoms with Gasteiger partial charge in [-0.3, -0.25) is 19.1 Å². The lowest BCUT2D eigenvalue weighted by Gasteiger charge is -2.09. The smallest absolute Gasteiger partial charge is 0.328 e. The van der Waals surface area contributed by atoms with Crippen LogP contribution >= 0.6 is 0 Å². The van der Waals surface area contributed by atoms with Gasteiger partial charge in [0.25, 0.3) is 5.56 Å². The SMILES string of the molecule is O=C(O)Cc1ccccc1Cn1ccc(=O)[nH]c1=O. The largest absolute Gasteiger partial charge is 0.481 e. The molecule has 1 heterocycles. The van der Waals surface area contributed by atoms with Crippen LogP contribution in [0.2, 0.25) is 0 Å². The third-order valence-electron chi connectivity index (χ3n) is 2.70. The first kappa shape index (κ1) is 12.8. The van der Waals surface area contributed by atoms with E-state index in [1.54, 1.807) is 24.3 Å². The van der Waals surface area contributed by atoms with E-state index in [2.05, 4.69) is 4.98 Å². The van der Waals surface area contributed by atoms with Gasteiger partial charge < -0.3 is 5.11 Å². The van der Waals surface area contributed by atoms with Gasteiger partial charge in [0.2, 0.25) is 0 Å². The van der Waals surface area contributed by atoms with Crippen LogP contribution in [-0.4, -0.2) is 20.6 Å². The number of carbonyl (C=O) groups is 1. The molecule has 0 amide bonds. The predicted molar refractivity (Wildman–Crippen MR) is 68.2 cm³/mol. The van der Waals surface area contributed by atoms with Crippen molar-refractivity contribution in [1.82, 2.24) is 9.55 Å². The van der Waals surface area contributed by atoms with E-state index in [1.165, 1.54) is 16.8 Å². The molecule has 0 fully saturated rings. The first-order valence-corrected chi connectivity index (χ1v) is 5.64. The monoisotopic (exact) mass is 260 g/mol. The number of rotatable bonds is 4. The molecule has 2 rings (SSSR count). The maximum Gasteiger partial charge on any atom is 0.328 e. The Morgan fingerprint density at radius 1 is 1.16 bits per heavy atom. The molecule has 1 aromatic carbocycles. The summed E-state index contributed by atoms with van der Waals surface area (Å²) >= 11 is 0. The predicted octanol–water partition coefficient (Wildman–Crippen LogP) is 0.212. The van der Waals surface area contributed by atoms with Gasteiger partial charge in [0.05, 0.1) is 13.0 Å². The molecule has 1 aromatic heterocycles. The van der Waals surface area contributed by atoms with Gasteiger partial charge in [0.1, 0.15) is 0 Å². The van der Waals surface area contributed by atoms with Gasteiger partial charge in [-0.2, -0.15) is 0 Å². The lowest BCUT2D eigenvalue weighted by atomic mass is 10.0. The van der Waals surface area contributed by atoms with Crippen molar-refractivity contribution in [3.05, 3.63) is 68.5 Å².